The third-order valence-corrected chi connectivity index (χ3v) is 3.80. The fourth-order valence-corrected chi connectivity index (χ4v) is 2.44. The van der Waals surface area contributed by atoms with Gasteiger partial charge in [0, 0.05) is 12.7 Å². The van der Waals surface area contributed by atoms with Gasteiger partial charge in [0.25, 0.3) is 0 Å². The molecule has 2 aromatic carbocycles. The molecule has 5 nitrogen and oxygen atoms in total. The highest BCUT2D eigenvalue weighted by atomic mass is 35.5. The van der Waals surface area contributed by atoms with Gasteiger partial charge in [-0.1, -0.05) is 35.9 Å². The van der Waals surface area contributed by atoms with Crippen LogP contribution in [0.25, 0.3) is 0 Å². The number of hydrogen-bond acceptors (Lipinski definition) is 5. The summed E-state index contributed by atoms with van der Waals surface area (Å²) >= 11 is 5.79. The summed E-state index contributed by atoms with van der Waals surface area (Å²) < 4.78 is 18.8. The van der Waals surface area contributed by atoms with E-state index in [9.17, 15) is 4.39 Å². The predicted molar refractivity (Wildman–Crippen MR) is 101 cm³/mol. The smallest absolute Gasteiger partial charge is 0.224 e. The van der Waals surface area contributed by atoms with Gasteiger partial charge < -0.3 is 15.4 Å². The van der Waals surface area contributed by atoms with Crippen molar-refractivity contribution in [2.45, 2.75) is 6.54 Å². The molecule has 0 radical (unpaired) electrons. The SMILES string of the molecule is Fc1ccc(CNc2ccnc(NCCOc3ccccc3)n2)cc1Cl. The summed E-state index contributed by atoms with van der Waals surface area (Å²) in [7, 11) is 0. The first-order chi connectivity index (χ1) is 12.7. The van der Waals surface area contributed by atoms with Crippen LogP contribution in [0.15, 0.2) is 60.8 Å². The lowest BCUT2D eigenvalue weighted by molar-refractivity contribution is 0.332. The fraction of sp³-hybridized carbons (Fsp3) is 0.158. The molecule has 0 fully saturated rings. The van der Waals surface area contributed by atoms with E-state index in [-0.39, 0.29) is 5.02 Å². The molecule has 0 saturated carbocycles. The molecular weight excluding hydrogens is 355 g/mol. The second kappa shape index (κ2) is 9.01. The Labute approximate surface area is 156 Å². The average molecular weight is 373 g/mol. The largest absolute Gasteiger partial charge is 0.492 e. The van der Waals surface area contributed by atoms with Crippen LogP contribution in [0.1, 0.15) is 5.56 Å². The number of nitrogens with one attached hydrogen (secondary N) is 2. The molecule has 3 aromatic rings. The van der Waals surface area contributed by atoms with Crippen molar-refractivity contribution in [1.82, 2.24) is 9.97 Å². The Bertz CT molecular complexity index is 848. The van der Waals surface area contributed by atoms with Crippen molar-refractivity contribution in [2.24, 2.45) is 0 Å². The van der Waals surface area contributed by atoms with Crippen LogP contribution in [0.5, 0.6) is 5.75 Å². The Hall–Kier alpha value is -2.86. The van der Waals surface area contributed by atoms with E-state index < -0.39 is 5.82 Å². The molecule has 3 rings (SSSR count). The van der Waals surface area contributed by atoms with Gasteiger partial charge in [-0.2, -0.15) is 4.98 Å². The molecule has 0 amide bonds. The van der Waals surface area contributed by atoms with E-state index in [0.29, 0.717) is 31.5 Å². The number of aromatic nitrogens is 2. The van der Waals surface area contributed by atoms with Gasteiger partial charge in [-0.3, -0.25) is 0 Å². The van der Waals surface area contributed by atoms with E-state index in [0.717, 1.165) is 11.3 Å². The molecule has 1 aromatic heterocycles. The molecule has 1 heterocycles. The second-order valence-electron chi connectivity index (χ2n) is 5.46. The monoisotopic (exact) mass is 372 g/mol. The zero-order chi connectivity index (χ0) is 18.2. The minimum atomic E-state index is -0.429. The molecule has 0 spiro atoms. The highest BCUT2D eigenvalue weighted by Crippen LogP contribution is 2.17. The van der Waals surface area contributed by atoms with E-state index in [4.69, 9.17) is 16.3 Å². The van der Waals surface area contributed by atoms with Crippen LogP contribution in [0, 0.1) is 5.82 Å². The number of para-hydroxylation sites is 1. The van der Waals surface area contributed by atoms with E-state index in [2.05, 4.69) is 20.6 Å². The van der Waals surface area contributed by atoms with Crippen molar-refractivity contribution in [3.63, 3.8) is 0 Å². The van der Waals surface area contributed by atoms with E-state index in [1.165, 1.54) is 6.07 Å². The quantitative estimate of drug-likeness (QED) is 0.575. The third kappa shape index (κ3) is 5.32. The maximum absolute atomic E-state index is 13.2. The molecule has 0 atom stereocenters. The second-order valence-corrected chi connectivity index (χ2v) is 5.86. The van der Waals surface area contributed by atoms with Gasteiger partial charge in [-0.15, -0.1) is 0 Å². The number of anilines is 2. The van der Waals surface area contributed by atoms with Crippen molar-refractivity contribution in [3.8, 4) is 5.75 Å². The normalized spacial score (nSPS) is 10.4. The summed E-state index contributed by atoms with van der Waals surface area (Å²) in [5, 5.41) is 6.38. The molecule has 0 aliphatic rings. The minimum absolute atomic E-state index is 0.104. The first-order valence-electron chi connectivity index (χ1n) is 8.13. The Kier molecular flexibility index (Phi) is 6.22. The maximum Gasteiger partial charge on any atom is 0.224 e. The predicted octanol–water partition coefficient (Wildman–Crippen LogP) is 4.37. The molecule has 7 heteroatoms. The number of rotatable bonds is 8. The molecule has 0 bridgehead atoms. The van der Waals surface area contributed by atoms with Crippen LogP contribution in [0.2, 0.25) is 5.02 Å². The van der Waals surface area contributed by atoms with E-state index in [1.807, 2.05) is 30.3 Å². The summed E-state index contributed by atoms with van der Waals surface area (Å²) in [6.07, 6.45) is 1.66. The molecule has 134 valence electrons. The Morgan fingerprint density at radius 3 is 2.69 bits per heavy atom. The topological polar surface area (TPSA) is 59.1 Å². The third-order valence-electron chi connectivity index (χ3n) is 3.51. The van der Waals surface area contributed by atoms with Crippen LogP contribution in [-0.4, -0.2) is 23.1 Å². The molecule has 0 aliphatic heterocycles. The number of nitrogens with zero attached hydrogens (tertiary/aromatic N) is 2. The van der Waals surface area contributed by atoms with E-state index >= 15 is 0 Å². The fourth-order valence-electron chi connectivity index (χ4n) is 2.23. The van der Waals surface area contributed by atoms with Gasteiger partial charge in [-0.25, -0.2) is 9.37 Å². The van der Waals surface area contributed by atoms with Gasteiger partial charge in [0.1, 0.15) is 24.0 Å². The Balaban J connectivity index is 1.47. The first kappa shape index (κ1) is 17.9. The summed E-state index contributed by atoms with van der Waals surface area (Å²) in [5.74, 6) is 1.56. The number of halogens is 2. The van der Waals surface area contributed by atoms with Crippen molar-refractivity contribution in [3.05, 3.63) is 77.2 Å². The van der Waals surface area contributed by atoms with Crippen molar-refractivity contribution < 1.29 is 9.13 Å². The summed E-state index contributed by atoms with van der Waals surface area (Å²) in [6, 6.07) is 16.0. The van der Waals surface area contributed by atoms with E-state index in [1.54, 1.807) is 24.4 Å². The van der Waals surface area contributed by atoms with Crippen molar-refractivity contribution >= 4 is 23.4 Å². The van der Waals surface area contributed by atoms with Gasteiger partial charge in [-0.05, 0) is 35.9 Å². The number of hydrogen-bond donors (Lipinski definition) is 2. The molecule has 26 heavy (non-hydrogen) atoms. The standard InChI is InChI=1S/C19H18ClFN4O/c20-16-12-14(6-7-17(16)21)13-24-18-8-9-22-19(25-18)23-10-11-26-15-4-2-1-3-5-15/h1-9,12H,10-11,13H2,(H2,22,23,24,25). The first-order valence-corrected chi connectivity index (χ1v) is 8.51. The summed E-state index contributed by atoms with van der Waals surface area (Å²) in [5.41, 5.74) is 0.862. The van der Waals surface area contributed by atoms with Crippen molar-refractivity contribution in [1.29, 1.82) is 0 Å². The lowest BCUT2D eigenvalue weighted by atomic mass is 10.2. The van der Waals surface area contributed by atoms with Gasteiger partial charge in [0.2, 0.25) is 5.95 Å². The van der Waals surface area contributed by atoms with Gasteiger partial charge in [0.15, 0.2) is 0 Å². The molecular formula is C19H18ClFN4O. The van der Waals surface area contributed by atoms with Crippen LogP contribution < -0.4 is 15.4 Å². The lowest BCUT2D eigenvalue weighted by Crippen LogP contribution is -2.14. The van der Waals surface area contributed by atoms with Crippen LogP contribution in [-0.2, 0) is 6.54 Å². The number of benzene rings is 2. The van der Waals surface area contributed by atoms with Crippen LogP contribution >= 0.6 is 11.6 Å². The summed E-state index contributed by atoms with van der Waals surface area (Å²) in [4.78, 5) is 8.55. The molecule has 0 aliphatic carbocycles. The average Bonchev–Trinajstić information content (AvgIpc) is 2.67. The van der Waals surface area contributed by atoms with Crippen molar-refractivity contribution in [2.75, 3.05) is 23.8 Å². The zero-order valence-corrected chi connectivity index (χ0v) is 14.7. The Morgan fingerprint density at radius 2 is 1.88 bits per heavy atom. The number of ether oxygens (including phenoxy) is 1. The maximum atomic E-state index is 13.2. The molecule has 2 N–H and O–H groups in total. The Morgan fingerprint density at radius 1 is 1.04 bits per heavy atom. The van der Waals surface area contributed by atoms with Gasteiger partial charge in [0.05, 0.1) is 11.6 Å². The highest BCUT2D eigenvalue weighted by Gasteiger charge is 2.03. The molecule has 0 saturated heterocycles. The highest BCUT2D eigenvalue weighted by molar-refractivity contribution is 6.30. The zero-order valence-electron chi connectivity index (χ0n) is 14.0. The van der Waals surface area contributed by atoms with Crippen LogP contribution in [0.3, 0.4) is 0 Å². The summed E-state index contributed by atoms with van der Waals surface area (Å²) in [6.45, 7) is 1.55. The lowest BCUT2D eigenvalue weighted by Gasteiger charge is -2.10. The minimum Gasteiger partial charge on any atom is -0.492 e. The van der Waals surface area contributed by atoms with Crippen LogP contribution in [0.4, 0.5) is 16.2 Å². The molecule has 0 unspecified atom stereocenters. The van der Waals surface area contributed by atoms with Gasteiger partial charge >= 0.3 is 0 Å².